The van der Waals surface area contributed by atoms with E-state index in [9.17, 15) is 18.8 Å². The topological polar surface area (TPSA) is 84.5 Å². The molecular formula is C20H21FN2O4. The Morgan fingerprint density at radius 3 is 2.44 bits per heavy atom. The molecule has 0 bridgehead atoms. The zero-order chi connectivity index (χ0) is 19.6. The second-order valence-electron chi connectivity index (χ2n) is 5.78. The molecule has 1 unspecified atom stereocenters. The van der Waals surface area contributed by atoms with Crippen LogP contribution in [0.5, 0.6) is 0 Å². The molecule has 1 atom stereocenters. The lowest BCUT2D eigenvalue weighted by atomic mass is 10.2. The van der Waals surface area contributed by atoms with Crippen LogP contribution in [-0.2, 0) is 20.9 Å². The predicted molar refractivity (Wildman–Crippen MR) is 97.2 cm³/mol. The van der Waals surface area contributed by atoms with Crippen molar-refractivity contribution >= 4 is 17.8 Å². The summed E-state index contributed by atoms with van der Waals surface area (Å²) in [5.41, 5.74) is 1.02. The van der Waals surface area contributed by atoms with Gasteiger partial charge in [-0.1, -0.05) is 43.3 Å². The van der Waals surface area contributed by atoms with Crippen LogP contribution in [0.3, 0.4) is 0 Å². The highest BCUT2D eigenvalue weighted by Crippen LogP contribution is 2.04. The largest absolute Gasteiger partial charge is 0.451 e. The third-order valence-electron chi connectivity index (χ3n) is 3.73. The number of hydrogen-bond acceptors (Lipinski definition) is 4. The maximum atomic E-state index is 13.1. The summed E-state index contributed by atoms with van der Waals surface area (Å²) in [6, 6.07) is 14.4. The number of carbonyl (C=O) groups excluding carboxylic acids is 3. The lowest BCUT2D eigenvalue weighted by Crippen LogP contribution is -2.39. The minimum atomic E-state index is -0.952. The van der Waals surface area contributed by atoms with Crippen LogP contribution in [0.4, 0.5) is 4.39 Å². The van der Waals surface area contributed by atoms with Crippen molar-refractivity contribution in [2.24, 2.45) is 0 Å². The van der Waals surface area contributed by atoms with E-state index in [1.807, 2.05) is 30.3 Å². The van der Waals surface area contributed by atoms with Gasteiger partial charge < -0.3 is 15.4 Å². The van der Waals surface area contributed by atoms with Crippen molar-refractivity contribution in [3.8, 4) is 0 Å². The Balaban J connectivity index is 1.79. The van der Waals surface area contributed by atoms with E-state index in [0.29, 0.717) is 13.0 Å². The molecule has 0 saturated heterocycles. The molecule has 142 valence electrons. The van der Waals surface area contributed by atoms with E-state index < -0.39 is 36.2 Å². The Morgan fingerprint density at radius 1 is 1.04 bits per heavy atom. The zero-order valence-electron chi connectivity index (χ0n) is 14.9. The number of halogens is 1. The molecular weight excluding hydrogens is 351 g/mol. The van der Waals surface area contributed by atoms with Crippen LogP contribution in [0.15, 0.2) is 54.6 Å². The van der Waals surface area contributed by atoms with Crippen molar-refractivity contribution in [2.75, 3.05) is 6.54 Å². The van der Waals surface area contributed by atoms with Gasteiger partial charge in [-0.05, 0) is 30.2 Å². The number of carbonyl (C=O) groups is 3. The molecule has 6 nitrogen and oxygen atoms in total. The third-order valence-corrected chi connectivity index (χ3v) is 3.73. The standard InChI is InChI=1S/C20H21FN2O4/c1-2-17(20(26)22-12-14-7-4-3-5-8-14)27-18(24)13-23-19(25)15-9-6-10-16(21)11-15/h3-11,17H,2,12-13H2,1H3,(H,22,26)(H,23,25). The Kier molecular flexibility index (Phi) is 7.49. The molecule has 27 heavy (non-hydrogen) atoms. The predicted octanol–water partition coefficient (Wildman–Crippen LogP) is 2.19. The molecule has 0 aliphatic rings. The third kappa shape index (κ3) is 6.54. The first kappa shape index (κ1) is 20.1. The number of ether oxygens (including phenoxy) is 1. The molecule has 0 radical (unpaired) electrons. The highest BCUT2D eigenvalue weighted by molar-refractivity contribution is 5.96. The maximum Gasteiger partial charge on any atom is 0.326 e. The summed E-state index contributed by atoms with van der Waals surface area (Å²) in [7, 11) is 0. The fraction of sp³-hybridized carbons (Fsp3) is 0.250. The highest BCUT2D eigenvalue weighted by atomic mass is 19.1. The highest BCUT2D eigenvalue weighted by Gasteiger charge is 2.21. The van der Waals surface area contributed by atoms with Crippen molar-refractivity contribution in [1.82, 2.24) is 10.6 Å². The SMILES string of the molecule is CCC(OC(=O)CNC(=O)c1cccc(F)c1)C(=O)NCc1ccccc1. The van der Waals surface area contributed by atoms with Gasteiger partial charge in [-0.3, -0.25) is 14.4 Å². The smallest absolute Gasteiger partial charge is 0.326 e. The van der Waals surface area contributed by atoms with E-state index in [2.05, 4.69) is 10.6 Å². The van der Waals surface area contributed by atoms with Gasteiger partial charge in [0.05, 0.1) is 0 Å². The summed E-state index contributed by atoms with van der Waals surface area (Å²) in [5, 5.41) is 5.05. The van der Waals surface area contributed by atoms with Gasteiger partial charge in [0.2, 0.25) is 0 Å². The van der Waals surface area contributed by atoms with E-state index in [-0.39, 0.29) is 5.56 Å². The Hall–Kier alpha value is -3.22. The zero-order valence-corrected chi connectivity index (χ0v) is 14.9. The van der Waals surface area contributed by atoms with E-state index >= 15 is 0 Å². The summed E-state index contributed by atoms with van der Waals surface area (Å²) >= 11 is 0. The first-order chi connectivity index (χ1) is 13.0. The van der Waals surface area contributed by atoms with Crippen LogP contribution in [0.2, 0.25) is 0 Å². The van der Waals surface area contributed by atoms with Gasteiger partial charge in [0.25, 0.3) is 11.8 Å². The van der Waals surface area contributed by atoms with Crippen LogP contribution < -0.4 is 10.6 Å². The number of nitrogens with one attached hydrogen (secondary N) is 2. The molecule has 0 fully saturated rings. The van der Waals surface area contributed by atoms with Crippen molar-refractivity contribution < 1.29 is 23.5 Å². The average Bonchev–Trinajstić information content (AvgIpc) is 2.69. The first-order valence-corrected chi connectivity index (χ1v) is 8.54. The van der Waals surface area contributed by atoms with Crippen molar-refractivity contribution in [2.45, 2.75) is 26.0 Å². The van der Waals surface area contributed by atoms with E-state index in [0.717, 1.165) is 11.6 Å². The summed E-state index contributed by atoms with van der Waals surface area (Å²) < 4.78 is 18.2. The fourth-order valence-corrected chi connectivity index (χ4v) is 2.31. The Morgan fingerprint density at radius 2 is 1.78 bits per heavy atom. The molecule has 0 heterocycles. The van der Waals surface area contributed by atoms with Crippen LogP contribution in [0, 0.1) is 5.82 Å². The summed E-state index contributed by atoms with van der Waals surface area (Å²) in [6.45, 7) is 1.62. The van der Waals surface area contributed by atoms with Crippen LogP contribution in [-0.4, -0.2) is 30.4 Å². The molecule has 0 aliphatic carbocycles. The first-order valence-electron chi connectivity index (χ1n) is 8.54. The number of rotatable bonds is 8. The molecule has 7 heteroatoms. The van der Waals surface area contributed by atoms with Gasteiger partial charge in [-0.25, -0.2) is 4.39 Å². The molecule has 0 saturated carbocycles. The van der Waals surface area contributed by atoms with E-state index in [4.69, 9.17) is 4.74 Å². The van der Waals surface area contributed by atoms with Gasteiger partial charge >= 0.3 is 5.97 Å². The number of amides is 2. The summed E-state index contributed by atoms with van der Waals surface area (Å²) in [5.74, 6) is -2.31. The molecule has 2 aromatic carbocycles. The van der Waals surface area contributed by atoms with Gasteiger partial charge in [0.1, 0.15) is 12.4 Å². The van der Waals surface area contributed by atoms with E-state index in [1.165, 1.54) is 18.2 Å². The van der Waals surface area contributed by atoms with E-state index in [1.54, 1.807) is 6.92 Å². The average molecular weight is 372 g/mol. The van der Waals surface area contributed by atoms with Crippen molar-refractivity contribution in [1.29, 1.82) is 0 Å². The molecule has 2 N–H and O–H groups in total. The number of benzene rings is 2. The molecule has 2 rings (SSSR count). The molecule has 0 aliphatic heterocycles. The fourth-order valence-electron chi connectivity index (χ4n) is 2.31. The van der Waals surface area contributed by atoms with Gasteiger partial charge in [0, 0.05) is 12.1 Å². The normalized spacial score (nSPS) is 11.3. The van der Waals surface area contributed by atoms with Gasteiger partial charge in [-0.15, -0.1) is 0 Å². The summed E-state index contributed by atoms with van der Waals surface area (Å²) in [6.07, 6.45) is -0.656. The minimum Gasteiger partial charge on any atom is -0.451 e. The Labute approximate surface area is 156 Å². The molecule has 0 spiro atoms. The summed E-state index contributed by atoms with van der Waals surface area (Å²) in [4.78, 5) is 36.0. The van der Waals surface area contributed by atoms with Crippen molar-refractivity contribution in [3.63, 3.8) is 0 Å². The van der Waals surface area contributed by atoms with Crippen molar-refractivity contribution in [3.05, 3.63) is 71.5 Å². The lowest BCUT2D eigenvalue weighted by Gasteiger charge is -2.16. The number of hydrogen-bond donors (Lipinski definition) is 2. The minimum absolute atomic E-state index is 0.0930. The lowest BCUT2D eigenvalue weighted by molar-refractivity contribution is -0.155. The van der Waals surface area contributed by atoms with Crippen LogP contribution in [0.25, 0.3) is 0 Å². The second-order valence-corrected chi connectivity index (χ2v) is 5.78. The monoisotopic (exact) mass is 372 g/mol. The molecule has 2 amide bonds. The van der Waals surface area contributed by atoms with Gasteiger partial charge in [-0.2, -0.15) is 0 Å². The molecule has 2 aromatic rings. The molecule has 0 aromatic heterocycles. The van der Waals surface area contributed by atoms with Crippen LogP contribution in [0.1, 0.15) is 29.3 Å². The van der Waals surface area contributed by atoms with Gasteiger partial charge in [0.15, 0.2) is 6.10 Å². The Bertz CT molecular complexity index is 796. The second kappa shape index (κ2) is 10.1. The maximum absolute atomic E-state index is 13.1. The van der Waals surface area contributed by atoms with Crippen LogP contribution >= 0.6 is 0 Å². The number of esters is 1. The quantitative estimate of drug-likeness (QED) is 0.696.